The monoisotopic (exact) mass is 617 g/mol. The lowest BCUT2D eigenvalue weighted by Crippen LogP contribution is -2.52. The Morgan fingerprint density at radius 2 is 1.54 bits per heavy atom. The minimum atomic E-state index is -4.14. The molecule has 0 unspecified atom stereocenters. The van der Waals surface area contributed by atoms with E-state index >= 15 is 0 Å². The van der Waals surface area contributed by atoms with E-state index in [9.17, 15) is 18.0 Å². The molecule has 0 spiro atoms. The Bertz CT molecular complexity index is 1490. The molecule has 220 valence electrons. The highest BCUT2D eigenvalue weighted by Crippen LogP contribution is 2.29. The van der Waals surface area contributed by atoms with Crippen molar-refractivity contribution in [2.24, 2.45) is 0 Å². The standard InChI is InChI=1S/C31H37Cl2N3O4S/c1-6-16-34-31(38)28(7-2)35(19-24-11-14-26(32)27(33)18-24)30(37)20-36(29-15-10-22(4)17-23(29)5)41(39,40)25-12-8-21(3)9-13-25/h8-15,17-18,28H,6-7,16,19-20H2,1-5H3,(H,34,38)/t28-/m0/s1. The summed E-state index contributed by atoms with van der Waals surface area (Å²) < 4.78 is 29.2. The van der Waals surface area contributed by atoms with Crippen LogP contribution in [0.1, 0.15) is 48.9 Å². The van der Waals surface area contributed by atoms with Gasteiger partial charge >= 0.3 is 0 Å². The maximum Gasteiger partial charge on any atom is 0.264 e. The molecule has 3 rings (SSSR count). The van der Waals surface area contributed by atoms with E-state index < -0.39 is 28.5 Å². The van der Waals surface area contributed by atoms with Crippen LogP contribution in [0, 0.1) is 20.8 Å². The molecule has 0 heterocycles. The number of aryl methyl sites for hydroxylation is 3. The second kappa shape index (κ2) is 14.2. The number of nitrogens with one attached hydrogen (secondary N) is 1. The number of sulfonamides is 1. The summed E-state index contributed by atoms with van der Waals surface area (Å²) in [6.07, 6.45) is 1.06. The van der Waals surface area contributed by atoms with E-state index in [0.29, 0.717) is 39.8 Å². The molecule has 3 aromatic carbocycles. The fourth-order valence-electron chi connectivity index (χ4n) is 4.56. The number of amides is 2. The highest BCUT2D eigenvalue weighted by atomic mass is 35.5. The maximum absolute atomic E-state index is 14.2. The number of anilines is 1. The molecule has 0 radical (unpaired) electrons. The van der Waals surface area contributed by atoms with Gasteiger partial charge in [0.25, 0.3) is 10.0 Å². The van der Waals surface area contributed by atoms with Crippen molar-refractivity contribution in [1.29, 1.82) is 0 Å². The Morgan fingerprint density at radius 3 is 2.12 bits per heavy atom. The van der Waals surface area contributed by atoms with Gasteiger partial charge in [-0.25, -0.2) is 8.42 Å². The number of nitrogens with zero attached hydrogens (tertiary/aromatic N) is 2. The van der Waals surface area contributed by atoms with Crippen LogP contribution in [0.3, 0.4) is 0 Å². The molecular formula is C31H37Cl2N3O4S. The van der Waals surface area contributed by atoms with Crippen LogP contribution < -0.4 is 9.62 Å². The fraction of sp³-hybridized carbons (Fsp3) is 0.355. The second-order valence-electron chi connectivity index (χ2n) is 10.1. The first-order valence-electron chi connectivity index (χ1n) is 13.6. The highest BCUT2D eigenvalue weighted by Gasteiger charge is 2.34. The van der Waals surface area contributed by atoms with Crippen LogP contribution in [-0.4, -0.2) is 44.3 Å². The first-order valence-corrected chi connectivity index (χ1v) is 15.8. The molecular weight excluding hydrogens is 581 g/mol. The van der Waals surface area contributed by atoms with Gasteiger partial charge in [0, 0.05) is 13.1 Å². The quantitative estimate of drug-likeness (QED) is 0.253. The summed E-state index contributed by atoms with van der Waals surface area (Å²) in [7, 11) is -4.14. The lowest BCUT2D eigenvalue weighted by molar-refractivity contribution is -0.140. The Labute approximate surface area is 253 Å². The molecule has 1 atom stereocenters. The zero-order valence-electron chi connectivity index (χ0n) is 24.1. The van der Waals surface area contributed by atoms with Crippen molar-refractivity contribution in [3.8, 4) is 0 Å². The van der Waals surface area contributed by atoms with Gasteiger partial charge in [-0.05, 0) is 75.1 Å². The third kappa shape index (κ3) is 8.03. The third-order valence-electron chi connectivity index (χ3n) is 6.78. The average molecular weight is 619 g/mol. The number of benzene rings is 3. The maximum atomic E-state index is 14.2. The molecule has 2 amide bonds. The lowest BCUT2D eigenvalue weighted by Gasteiger charge is -2.33. The largest absolute Gasteiger partial charge is 0.354 e. The Morgan fingerprint density at radius 1 is 0.878 bits per heavy atom. The van der Waals surface area contributed by atoms with Crippen molar-refractivity contribution in [2.75, 3.05) is 17.4 Å². The molecule has 0 aliphatic carbocycles. The summed E-state index contributed by atoms with van der Waals surface area (Å²) >= 11 is 12.4. The van der Waals surface area contributed by atoms with E-state index in [4.69, 9.17) is 23.2 Å². The van der Waals surface area contributed by atoms with Crippen LogP contribution in [0.2, 0.25) is 10.0 Å². The van der Waals surface area contributed by atoms with Crippen LogP contribution in [0.15, 0.2) is 65.6 Å². The fourth-order valence-corrected chi connectivity index (χ4v) is 6.36. The summed E-state index contributed by atoms with van der Waals surface area (Å²) in [4.78, 5) is 28.8. The van der Waals surface area contributed by atoms with Crippen molar-refractivity contribution < 1.29 is 18.0 Å². The Balaban J connectivity index is 2.10. The van der Waals surface area contributed by atoms with Gasteiger partial charge in [-0.3, -0.25) is 13.9 Å². The van der Waals surface area contributed by atoms with Crippen molar-refractivity contribution in [3.05, 3.63) is 93.0 Å². The Kier molecular flexibility index (Phi) is 11.2. The van der Waals surface area contributed by atoms with Gasteiger partial charge in [0.05, 0.1) is 20.6 Å². The molecule has 41 heavy (non-hydrogen) atoms. The van der Waals surface area contributed by atoms with Crippen LogP contribution in [0.25, 0.3) is 0 Å². The van der Waals surface area contributed by atoms with Gasteiger partial charge < -0.3 is 10.2 Å². The van der Waals surface area contributed by atoms with E-state index in [1.165, 1.54) is 17.0 Å². The van der Waals surface area contributed by atoms with Crippen molar-refractivity contribution in [3.63, 3.8) is 0 Å². The number of carbonyl (C=O) groups excluding carboxylic acids is 2. The van der Waals surface area contributed by atoms with Gasteiger partial charge in [0.1, 0.15) is 12.6 Å². The topological polar surface area (TPSA) is 86.8 Å². The minimum Gasteiger partial charge on any atom is -0.354 e. The molecule has 0 bridgehead atoms. The predicted molar refractivity (Wildman–Crippen MR) is 166 cm³/mol. The van der Waals surface area contributed by atoms with Crippen molar-refractivity contribution in [1.82, 2.24) is 10.2 Å². The molecule has 1 N–H and O–H groups in total. The first-order chi connectivity index (χ1) is 19.4. The SMILES string of the molecule is CCCNC(=O)[C@H](CC)N(Cc1ccc(Cl)c(Cl)c1)C(=O)CN(c1ccc(C)cc1C)S(=O)(=O)c1ccc(C)cc1. The molecule has 0 fully saturated rings. The molecule has 0 aromatic heterocycles. The number of hydrogen-bond donors (Lipinski definition) is 1. The molecule has 7 nitrogen and oxygen atoms in total. The zero-order valence-corrected chi connectivity index (χ0v) is 26.4. The average Bonchev–Trinajstić information content (AvgIpc) is 2.92. The van der Waals surface area contributed by atoms with Crippen LogP contribution in [-0.2, 0) is 26.2 Å². The van der Waals surface area contributed by atoms with E-state index in [1.54, 1.807) is 36.4 Å². The summed E-state index contributed by atoms with van der Waals surface area (Å²) in [6, 6.07) is 16.1. The van der Waals surface area contributed by atoms with Gasteiger partial charge in [-0.2, -0.15) is 0 Å². The third-order valence-corrected chi connectivity index (χ3v) is 9.29. The molecule has 0 aliphatic heterocycles. The lowest BCUT2D eigenvalue weighted by atomic mass is 10.1. The van der Waals surface area contributed by atoms with E-state index in [-0.39, 0.29) is 17.3 Å². The van der Waals surface area contributed by atoms with Crippen LogP contribution in [0.5, 0.6) is 0 Å². The zero-order chi connectivity index (χ0) is 30.3. The number of hydrogen-bond acceptors (Lipinski definition) is 4. The van der Waals surface area contributed by atoms with Crippen LogP contribution >= 0.6 is 23.2 Å². The first kappa shape index (κ1) is 32.4. The summed E-state index contributed by atoms with van der Waals surface area (Å²) in [5.41, 5.74) is 3.63. The minimum absolute atomic E-state index is 0.0407. The smallest absolute Gasteiger partial charge is 0.264 e. The molecule has 0 saturated carbocycles. The van der Waals surface area contributed by atoms with Crippen molar-refractivity contribution in [2.45, 2.75) is 64.9 Å². The molecule has 10 heteroatoms. The summed E-state index contributed by atoms with van der Waals surface area (Å²) in [5.74, 6) is -0.826. The van der Waals surface area contributed by atoms with Crippen LogP contribution in [0.4, 0.5) is 5.69 Å². The van der Waals surface area contributed by atoms with E-state index in [2.05, 4.69) is 5.32 Å². The molecule has 0 saturated heterocycles. The Hall–Kier alpha value is -3.07. The second-order valence-corrected chi connectivity index (χ2v) is 12.8. The molecule has 0 aliphatic rings. The van der Waals surface area contributed by atoms with E-state index in [1.807, 2.05) is 46.8 Å². The van der Waals surface area contributed by atoms with E-state index in [0.717, 1.165) is 21.9 Å². The molecule has 3 aromatic rings. The van der Waals surface area contributed by atoms with Crippen molar-refractivity contribution >= 4 is 50.7 Å². The summed E-state index contributed by atoms with van der Waals surface area (Å²) in [5, 5.41) is 3.56. The van der Waals surface area contributed by atoms with Gasteiger partial charge in [0.15, 0.2) is 0 Å². The highest BCUT2D eigenvalue weighted by molar-refractivity contribution is 7.92. The van der Waals surface area contributed by atoms with Gasteiger partial charge in [-0.1, -0.05) is 78.5 Å². The number of carbonyl (C=O) groups is 2. The summed E-state index contributed by atoms with van der Waals surface area (Å²) in [6.45, 7) is 9.36. The van der Waals surface area contributed by atoms with Gasteiger partial charge in [-0.15, -0.1) is 0 Å². The number of rotatable bonds is 12. The van der Waals surface area contributed by atoms with Gasteiger partial charge in [0.2, 0.25) is 11.8 Å². The number of halogens is 2. The predicted octanol–water partition coefficient (Wildman–Crippen LogP) is 6.45. The normalized spacial score (nSPS) is 12.1.